The van der Waals surface area contributed by atoms with E-state index in [0.717, 1.165) is 116 Å². The van der Waals surface area contributed by atoms with Crippen LogP contribution in [0.15, 0.2) is 146 Å². The van der Waals surface area contributed by atoms with Gasteiger partial charge in [-0.3, -0.25) is 14.4 Å². The molecule has 0 aromatic rings. The van der Waals surface area contributed by atoms with Gasteiger partial charge in [-0.2, -0.15) is 0 Å². The molecule has 1 unspecified atom stereocenters. The Balaban J connectivity index is 4.61. The van der Waals surface area contributed by atoms with Gasteiger partial charge in [-0.05, 0) is 109 Å². The first-order valence-corrected chi connectivity index (χ1v) is 23.9. The fourth-order valence-electron chi connectivity index (χ4n) is 5.68. The van der Waals surface area contributed by atoms with Gasteiger partial charge in [-0.25, -0.2) is 0 Å². The molecule has 0 aliphatic heterocycles. The van der Waals surface area contributed by atoms with Crippen LogP contribution in [0, 0.1) is 0 Å². The molecule has 0 amide bonds. The summed E-state index contributed by atoms with van der Waals surface area (Å²) in [4.78, 5) is 37.8. The zero-order valence-electron chi connectivity index (χ0n) is 39.1. The highest BCUT2D eigenvalue weighted by Crippen LogP contribution is 2.11. The van der Waals surface area contributed by atoms with Crippen LogP contribution < -0.4 is 0 Å². The summed E-state index contributed by atoms with van der Waals surface area (Å²) in [5.41, 5.74) is 0. The Morgan fingerprint density at radius 3 is 1.19 bits per heavy atom. The summed E-state index contributed by atoms with van der Waals surface area (Å²) in [6.07, 6.45) is 69.8. The zero-order valence-corrected chi connectivity index (χ0v) is 39.1. The Morgan fingerprint density at radius 1 is 0.339 bits per heavy atom. The standard InChI is InChI=1S/C56H84O6/c1-4-7-10-13-16-19-22-25-27-28-30-31-34-37-40-43-46-49-55(58)61-52-53(51-60-54(57)48-45-42-39-36-33-24-21-18-15-12-9-6-3)62-56(59)50-47-44-41-38-35-32-29-26-23-20-17-14-11-8-5-2/h7-12,14,16-21,23,25-27,29-31,33,36-37,40,53H,4-6,13,15,22,24,28,32,34-35,38-39,41-52H2,1-3H3/b10-7-,11-8-,12-9-,17-14-,19-16-,21-18-,23-20-,27-25-,29-26-,31-30-,36-33-,40-37-. The molecule has 1 atom stereocenters. The molecular formula is C56H84O6. The van der Waals surface area contributed by atoms with Crippen LogP contribution in [0.25, 0.3) is 0 Å². The lowest BCUT2D eigenvalue weighted by Gasteiger charge is -2.18. The van der Waals surface area contributed by atoms with Crippen LogP contribution in [-0.2, 0) is 28.6 Å². The quantitative estimate of drug-likeness (QED) is 0.0201. The largest absolute Gasteiger partial charge is 0.462 e. The maximum absolute atomic E-state index is 12.8. The molecule has 6 heteroatoms. The molecule has 0 aliphatic carbocycles. The van der Waals surface area contributed by atoms with Crippen LogP contribution in [0.2, 0.25) is 0 Å². The number of hydrogen-bond donors (Lipinski definition) is 0. The highest BCUT2D eigenvalue weighted by atomic mass is 16.6. The van der Waals surface area contributed by atoms with E-state index >= 15 is 0 Å². The zero-order chi connectivity index (χ0) is 45.1. The molecular weight excluding hydrogens is 769 g/mol. The van der Waals surface area contributed by atoms with E-state index in [9.17, 15) is 14.4 Å². The van der Waals surface area contributed by atoms with Crippen LogP contribution in [0.5, 0.6) is 0 Å². The minimum atomic E-state index is -0.834. The van der Waals surface area contributed by atoms with Crippen molar-refractivity contribution >= 4 is 17.9 Å². The van der Waals surface area contributed by atoms with Crippen LogP contribution in [0.3, 0.4) is 0 Å². The maximum Gasteiger partial charge on any atom is 0.306 e. The lowest BCUT2D eigenvalue weighted by atomic mass is 10.1. The van der Waals surface area contributed by atoms with Crippen LogP contribution in [0.4, 0.5) is 0 Å². The number of allylic oxidation sites excluding steroid dienone is 24. The molecule has 344 valence electrons. The maximum atomic E-state index is 12.8. The summed E-state index contributed by atoms with van der Waals surface area (Å²) in [6.45, 7) is 6.12. The van der Waals surface area contributed by atoms with Crippen molar-refractivity contribution in [3.05, 3.63) is 146 Å². The van der Waals surface area contributed by atoms with Crippen molar-refractivity contribution in [1.29, 1.82) is 0 Å². The number of carbonyl (C=O) groups excluding carboxylic acids is 3. The molecule has 0 fully saturated rings. The van der Waals surface area contributed by atoms with Crippen LogP contribution in [0.1, 0.15) is 168 Å². The number of carbonyl (C=O) groups is 3. The monoisotopic (exact) mass is 853 g/mol. The smallest absolute Gasteiger partial charge is 0.306 e. The first kappa shape index (κ1) is 57.3. The predicted molar refractivity (Wildman–Crippen MR) is 265 cm³/mol. The van der Waals surface area contributed by atoms with E-state index < -0.39 is 6.10 Å². The number of ether oxygens (including phenoxy) is 3. The van der Waals surface area contributed by atoms with Crippen molar-refractivity contribution in [2.75, 3.05) is 13.2 Å². The molecule has 62 heavy (non-hydrogen) atoms. The lowest BCUT2D eigenvalue weighted by Crippen LogP contribution is -2.30. The van der Waals surface area contributed by atoms with Crippen LogP contribution in [-0.4, -0.2) is 37.2 Å². The third-order valence-corrected chi connectivity index (χ3v) is 9.16. The van der Waals surface area contributed by atoms with Gasteiger partial charge in [0.1, 0.15) is 13.2 Å². The summed E-state index contributed by atoms with van der Waals surface area (Å²) in [5, 5.41) is 0. The van der Waals surface area contributed by atoms with E-state index in [1.165, 1.54) is 0 Å². The van der Waals surface area contributed by atoms with Gasteiger partial charge in [0.25, 0.3) is 0 Å². The van der Waals surface area contributed by atoms with E-state index in [4.69, 9.17) is 14.2 Å². The van der Waals surface area contributed by atoms with Crippen LogP contribution >= 0.6 is 0 Å². The highest BCUT2D eigenvalue weighted by molar-refractivity contribution is 5.71. The Bertz CT molecular complexity index is 1440. The van der Waals surface area contributed by atoms with Gasteiger partial charge in [-0.15, -0.1) is 0 Å². The summed E-state index contributed by atoms with van der Waals surface area (Å²) in [6, 6.07) is 0. The predicted octanol–water partition coefficient (Wildman–Crippen LogP) is 15.7. The summed E-state index contributed by atoms with van der Waals surface area (Å²) >= 11 is 0. The fourth-order valence-corrected chi connectivity index (χ4v) is 5.68. The first-order chi connectivity index (χ1) is 30.5. The molecule has 0 N–H and O–H groups in total. The Hall–Kier alpha value is -4.71. The number of unbranched alkanes of at least 4 members (excludes halogenated alkanes) is 8. The first-order valence-electron chi connectivity index (χ1n) is 23.9. The third kappa shape index (κ3) is 46.4. The average molecular weight is 853 g/mol. The fraction of sp³-hybridized carbons (Fsp3) is 0.518. The number of rotatable bonds is 40. The van der Waals surface area contributed by atoms with Gasteiger partial charge in [0.2, 0.25) is 0 Å². The second-order valence-electron chi connectivity index (χ2n) is 15.0. The summed E-state index contributed by atoms with van der Waals surface area (Å²) < 4.78 is 16.6. The number of esters is 3. The molecule has 0 radical (unpaired) electrons. The Kier molecular flexibility index (Phi) is 45.2. The van der Waals surface area contributed by atoms with Crippen molar-refractivity contribution < 1.29 is 28.6 Å². The SMILES string of the molecule is CC\C=C/C=C\C=C/C=C\CCCCCCCC(=O)OC(COC(=O)CCC/C=C\C/C=C\C/C=C\C/C=C\C/C=C\CC)COC(=O)CCCC/C=C\C/C=C\C/C=C\CC. The number of hydrogen-bond acceptors (Lipinski definition) is 6. The topological polar surface area (TPSA) is 78.9 Å². The third-order valence-electron chi connectivity index (χ3n) is 9.16. The molecule has 0 spiro atoms. The summed E-state index contributed by atoms with van der Waals surface area (Å²) in [7, 11) is 0. The average Bonchev–Trinajstić information content (AvgIpc) is 3.27. The van der Waals surface area contributed by atoms with Gasteiger partial charge in [0.15, 0.2) is 6.10 Å². The molecule has 0 aliphatic rings. The van der Waals surface area contributed by atoms with E-state index in [1.807, 2.05) is 24.3 Å². The van der Waals surface area contributed by atoms with Gasteiger partial charge >= 0.3 is 17.9 Å². The molecule has 0 saturated carbocycles. The van der Waals surface area contributed by atoms with Gasteiger partial charge in [0.05, 0.1) is 0 Å². The second kappa shape index (κ2) is 49.0. The minimum Gasteiger partial charge on any atom is -0.462 e. The highest BCUT2D eigenvalue weighted by Gasteiger charge is 2.19. The van der Waals surface area contributed by atoms with Gasteiger partial charge < -0.3 is 14.2 Å². The van der Waals surface area contributed by atoms with Gasteiger partial charge in [-0.1, -0.05) is 186 Å². The van der Waals surface area contributed by atoms with Crippen molar-refractivity contribution in [2.45, 2.75) is 175 Å². The van der Waals surface area contributed by atoms with Crippen molar-refractivity contribution in [1.82, 2.24) is 0 Å². The summed E-state index contributed by atoms with van der Waals surface area (Å²) in [5.74, 6) is -1.07. The van der Waals surface area contributed by atoms with E-state index in [0.29, 0.717) is 12.8 Å². The molecule has 0 heterocycles. The normalized spacial score (nSPS) is 13.4. The van der Waals surface area contributed by atoms with E-state index in [1.54, 1.807) is 0 Å². The molecule has 0 aromatic heterocycles. The molecule has 6 nitrogen and oxygen atoms in total. The molecule has 0 bridgehead atoms. The minimum absolute atomic E-state index is 0.132. The van der Waals surface area contributed by atoms with Crippen molar-refractivity contribution in [3.8, 4) is 0 Å². The van der Waals surface area contributed by atoms with Crippen molar-refractivity contribution in [3.63, 3.8) is 0 Å². The Labute approximate surface area is 378 Å². The second-order valence-corrected chi connectivity index (χ2v) is 15.0. The molecule has 0 rings (SSSR count). The van der Waals surface area contributed by atoms with E-state index in [-0.39, 0.29) is 50.4 Å². The van der Waals surface area contributed by atoms with E-state index in [2.05, 4.69) is 142 Å². The van der Waals surface area contributed by atoms with Crippen molar-refractivity contribution in [2.24, 2.45) is 0 Å². The Morgan fingerprint density at radius 2 is 0.677 bits per heavy atom. The molecule has 0 saturated heterocycles. The molecule has 0 aromatic carbocycles. The van der Waals surface area contributed by atoms with Gasteiger partial charge in [0, 0.05) is 19.3 Å². The lowest BCUT2D eigenvalue weighted by molar-refractivity contribution is -0.167.